The summed E-state index contributed by atoms with van der Waals surface area (Å²) in [4.78, 5) is 0. The van der Waals surface area contributed by atoms with E-state index in [9.17, 15) is 0 Å². The average molecular weight is 164 g/mol. The van der Waals surface area contributed by atoms with Gasteiger partial charge in [0.15, 0.2) is 0 Å². The van der Waals surface area contributed by atoms with Crippen molar-refractivity contribution in [3.63, 3.8) is 0 Å². The molecule has 0 aliphatic rings. The maximum Gasteiger partial charge on any atom is 0.0656 e. The number of aryl methyl sites for hydroxylation is 1. The molecule has 0 unspecified atom stereocenters. The number of rotatable bonds is 3. The highest BCUT2D eigenvalue weighted by Crippen LogP contribution is 2.09. The number of hydrogen-bond donors (Lipinski definition) is 0. The summed E-state index contributed by atoms with van der Waals surface area (Å²) >= 11 is 0. The Morgan fingerprint density at radius 3 is 2.42 bits per heavy atom. The van der Waals surface area contributed by atoms with Crippen LogP contribution in [-0.2, 0) is 6.42 Å². The molecule has 0 radical (unpaired) electrons. The van der Waals surface area contributed by atoms with Crippen LogP contribution in [0.25, 0.3) is 0 Å². The lowest BCUT2D eigenvalue weighted by Crippen LogP contribution is -1.98. The lowest BCUT2D eigenvalue weighted by molar-refractivity contribution is 0.755. The van der Waals surface area contributed by atoms with E-state index in [4.69, 9.17) is 0 Å². The first-order valence-electron chi connectivity index (χ1n) is 4.56. The topological polar surface area (TPSA) is 25.8 Å². The Hall–Kier alpha value is -0.920. The SMILES string of the molecule is CCCc1ccc(C(C)C)nn1. The van der Waals surface area contributed by atoms with Crippen molar-refractivity contribution < 1.29 is 0 Å². The van der Waals surface area contributed by atoms with Crippen LogP contribution < -0.4 is 0 Å². The molecule has 0 bridgehead atoms. The van der Waals surface area contributed by atoms with Gasteiger partial charge in [-0.05, 0) is 24.5 Å². The van der Waals surface area contributed by atoms with Crippen LogP contribution in [0.3, 0.4) is 0 Å². The van der Waals surface area contributed by atoms with Gasteiger partial charge >= 0.3 is 0 Å². The van der Waals surface area contributed by atoms with Crippen molar-refractivity contribution >= 4 is 0 Å². The molecular formula is C10H16N2. The molecule has 2 heteroatoms. The zero-order valence-corrected chi connectivity index (χ0v) is 8.04. The van der Waals surface area contributed by atoms with Crippen LogP contribution in [0.4, 0.5) is 0 Å². The summed E-state index contributed by atoms with van der Waals surface area (Å²) in [5.41, 5.74) is 2.18. The average Bonchev–Trinajstić information content (AvgIpc) is 2.06. The largest absolute Gasteiger partial charge is 0.155 e. The second-order valence-corrected chi connectivity index (χ2v) is 3.35. The molecule has 1 heterocycles. The van der Waals surface area contributed by atoms with E-state index in [-0.39, 0.29) is 0 Å². The molecule has 0 saturated heterocycles. The van der Waals surface area contributed by atoms with Gasteiger partial charge in [-0.1, -0.05) is 27.2 Å². The second kappa shape index (κ2) is 4.19. The van der Waals surface area contributed by atoms with Crippen LogP contribution in [0, 0.1) is 0 Å². The van der Waals surface area contributed by atoms with Crippen LogP contribution in [0.15, 0.2) is 12.1 Å². The first-order chi connectivity index (χ1) is 5.74. The van der Waals surface area contributed by atoms with Gasteiger partial charge in [-0.25, -0.2) is 0 Å². The molecule has 1 aromatic rings. The fourth-order valence-electron chi connectivity index (χ4n) is 1.07. The molecule has 0 saturated carbocycles. The first kappa shape index (κ1) is 9.17. The fourth-order valence-corrected chi connectivity index (χ4v) is 1.07. The maximum absolute atomic E-state index is 4.15. The quantitative estimate of drug-likeness (QED) is 0.686. The third kappa shape index (κ3) is 2.29. The van der Waals surface area contributed by atoms with E-state index in [2.05, 4.69) is 43.1 Å². The van der Waals surface area contributed by atoms with Crippen molar-refractivity contribution in [3.05, 3.63) is 23.5 Å². The van der Waals surface area contributed by atoms with Gasteiger partial charge in [-0.3, -0.25) is 0 Å². The van der Waals surface area contributed by atoms with Gasteiger partial charge < -0.3 is 0 Å². The lowest BCUT2D eigenvalue weighted by atomic mass is 10.1. The molecular weight excluding hydrogens is 148 g/mol. The summed E-state index contributed by atoms with van der Waals surface area (Å²) in [6, 6.07) is 4.15. The minimum Gasteiger partial charge on any atom is -0.155 e. The Kier molecular flexibility index (Phi) is 3.20. The molecule has 0 spiro atoms. The predicted molar refractivity (Wildman–Crippen MR) is 50.1 cm³/mol. The molecule has 0 N–H and O–H groups in total. The van der Waals surface area contributed by atoms with Crippen molar-refractivity contribution in [3.8, 4) is 0 Å². The Morgan fingerprint density at radius 1 is 1.25 bits per heavy atom. The molecule has 12 heavy (non-hydrogen) atoms. The lowest BCUT2D eigenvalue weighted by Gasteiger charge is -2.03. The van der Waals surface area contributed by atoms with Crippen LogP contribution in [-0.4, -0.2) is 10.2 Å². The zero-order chi connectivity index (χ0) is 8.97. The number of nitrogens with zero attached hydrogens (tertiary/aromatic N) is 2. The third-order valence-electron chi connectivity index (χ3n) is 1.84. The summed E-state index contributed by atoms with van der Waals surface area (Å²) in [5.74, 6) is 0.480. The Bertz CT molecular complexity index is 226. The highest BCUT2D eigenvalue weighted by molar-refractivity contribution is 5.09. The van der Waals surface area contributed by atoms with Gasteiger partial charge in [-0.2, -0.15) is 10.2 Å². The zero-order valence-electron chi connectivity index (χ0n) is 8.04. The van der Waals surface area contributed by atoms with Crippen molar-refractivity contribution in [2.75, 3.05) is 0 Å². The maximum atomic E-state index is 4.15. The first-order valence-corrected chi connectivity index (χ1v) is 4.56. The molecule has 66 valence electrons. The van der Waals surface area contributed by atoms with E-state index in [0.29, 0.717) is 5.92 Å². The van der Waals surface area contributed by atoms with Gasteiger partial charge in [0.1, 0.15) is 0 Å². The molecule has 0 fully saturated rings. The second-order valence-electron chi connectivity index (χ2n) is 3.35. The molecule has 2 nitrogen and oxygen atoms in total. The molecule has 0 aliphatic heterocycles. The van der Waals surface area contributed by atoms with Crippen LogP contribution >= 0.6 is 0 Å². The summed E-state index contributed by atoms with van der Waals surface area (Å²) in [6.07, 6.45) is 2.17. The van der Waals surface area contributed by atoms with Gasteiger partial charge in [0.05, 0.1) is 11.4 Å². The van der Waals surface area contributed by atoms with Crippen LogP contribution in [0.5, 0.6) is 0 Å². The summed E-state index contributed by atoms with van der Waals surface area (Å²) < 4.78 is 0. The fraction of sp³-hybridized carbons (Fsp3) is 0.600. The number of hydrogen-bond acceptors (Lipinski definition) is 2. The van der Waals surface area contributed by atoms with Gasteiger partial charge in [-0.15, -0.1) is 0 Å². The van der Waals surface area contributed by atoms with E-state index >= 15 is 0 Å². The van der Waals surface area contributed by atoms with E-state index < -0.39 is 0 Å². The third-order valence-corrected chi connectivity index (χ3v) is 1.84. The van der Waals surface area contributed by atoms with Gasteiger partial charge in [0.2, 0.25) is 0 Å². The monoisotopic (exact) mass is 164 g/mol. The van der Waals surface area contributed by atoms with Crippen LogP contribution in [0.1, 0.15) is 44.5 Å². The smallest absolute Gasteiger partial charge is 0.0656 e. The van der Waals surface area contributed by atoms with Crippen molar-refractivity contribution in [2.24, 2.45) is 0 Å². The minimum atomic E-state index is 0.480. The normalized spacial score (nSPS) is 10.7. The molecule has 0 atom stereocenters. The van der Waals surface area contributed by atoms with E-state index in [1.807, 2.05) is 0 Å². The highest BCUT2D eigenvalue weighted by atomic mass is 15.1. The molecule has 1 aromatic heterocycles. The Labute approximate surface area is 74.0 Å². The minimum absolute atomic E-state index is 0.480. The predicted octanol–water partition coefficient (Wildman–Crippen LogP) is 2.55. The Balaban J connectivity index is 2.71. The van der Waals surface area contributed by atoms with Gasteiger partial charge in [0.25, 0.3) is 0 Å². The number of aromatic nitrogens is 2. The summed E-state index contributed by atoms with van der Waals surface area (Å²) in [6.45, 7) is 6.41. The molecule has 0 aliphatic carbocycles. The summed E-state index contributed by atoms with van der Waals surface area (Å²) in [5, 5.41) is 8.29. The van der Waals surface area contributed by atoms with E-state index in [0.717, 1.165) is 24.2 Å². The molecule has 0 amide bonds. The van der Waals surface area contributed by atoms with Gasteiger partial charge in [0, 0.05) is 0 Å². The Morgan fingerprint density at radius 2 is 2.00 bits per heavy atom. The van der Waals surface area contributed by atoms with Crippen molar-refractivity contribution in [2.45, 2.75) is 39.5 Å². The van der Waals surface area contributed by atoms with Crippen LogP contribution in [0.2, 0.25) is 0 Å². The standard InChI is InChI=1S/C10H16N2/c1-4-5-9-6-7-10(8(2)3)12-11-9/h6-8H,4-5H2,1-3H3. The highest BCUT2D eigenvalue weighted by Gasteiger charge is 2.00. The van der Waals surface area contributed by atoms with Crippen molar-refractivity contribution in [1.82, 2.24) is 10.2 Å². The van der Waals surface area contributed by atoms with Crippen molar-refractivity contribution in [1.29, 1.82) is 0 Å². The summed E-state index contributed by atoms with van der Waals surface area (Å²) in [7, 11) is 0. The molecule has 1 rings (SSSR count). The molecule has 0 aromatic carbocycles. The van der Waals surface area contributed by atoms with E-state index in [1.165, 1.54) is 0 Å². The van der Waals surface area contributed by atoms with E-state index in [1.54, 1.807) is 0 Å².